The zero-order valence-corrected chi connectivity index (χ0v) is 11.1. The average Bonchev–Trinajstić information content (AvgIpc) is 2.97. The van der Waals surface area contributed by atoms with Gasteiger partial charge in [-0.1, -0.05) is 11.2 Å². The molecule has 0 aliphatic carbocycles. The summed E-state index contributed by atoms with van der Waals surface area (Å²) in [5.74, 6) is 1.13. The summed E-state index contributed by atoms with van der Waals surface area (Å²) >= 11 is 0. The van der Waals surface area contributed by atoms with Gasteiger partial charge in [0.2, 0.25) is 11.8 Å². The van der Waals surface area contributed by atoms with Crippen LogP contribution in [0.1, 0.15) is 5.89 Å². The smallest absolute Gasteiger partial charge is 0.238 e. The molecule has 0 saturated heterocycles. The molecule has 2 N–H and O–H groups in total. The number of carbonyl (C=O) groups excluding carboxylic acids is 1. The van der Waals surface area contributed by atoms with Crippen LogP contribution in [0, 0.1) is 0 Å². The second kappa shape index (κ2) is 7.25. The molecule has 1 aromatic carbocycles. The minimum Gasteiger partial charge on any atom is -0.497 e. The first kappa shape index (κ1) is 14.0. The van der Waals surface area contributed by atoms with Crippen LogP contribution in [-0.2, 0) is 11.2 Å². The van der Waals surface area contributed by atoms with Crippen LogP contribution < -0.4 is 15.4 Å². The van der Waals surface area contributed by atoms with E-state index in [1.807, 2.05) is 12.1 Å². The number of anilines is 1. The highest BCUT2D eigenvalue weighted by molar-refractivity contribution is 5.92. The van der Waals surface area contributed by atoms with Crippen molar-refractivity contribution in [3.05, 3.63) is 36.5 Å². The lowest BCUT2D eigenvalue weighted by atomic mass is 10.3. The Bertz CT molecular complexity index is 542. The number of methoxy groups -OCH3 is 1. The molecule has 106 valence electrons. The first-order valence-corrected chi connectivity index (χ1v) is 6.18. The van der Waals surface area contributed by atoms with Crippen molar-refractivity contribution >= 4 is 11.6 Å². The molecule has 0 unspecified atom stereocenters. The van der Waals surface area contributed by atoms with Gasteiger partial charge in [-0.15, -0.1) is 0 Å². The van der Waals surface area contributed by atoms with E-state index in [0.717, 1.165) is 0 Å². The highest BCUT2D eigenvalue weighted by Gasteiger charge is 2.04. The van der Waals surface area contributed by atoms with Crippen molar-refractivity contribution in [3.63, 3.8) is 0 Å². The molecule has 0 radical (unpaired) electrons. The van der Waals surface area contributed by atoms with Crippen LogP contribution in [0.5, 0.6) is 5.75 Å². The van der Waals surface area contributed by atoms with Gasteiger partial charge in [0.1, 0.15) is 5.75 Å². The molecule has 0 atom stereocenters. The molecular formula is C13H16N4O3. The van der Waals surface area contributed by atoms with Gasteiger partial charge in [0.25, 0.3) is 0 Å². The van der Waals surface area contributed by atoms with Gasteiger partial charge in [0.05, 0.1) is 13.7 Å². The number of rotatable bonds is 7. The number of benzene rings is 1. The number of nitrogens with zero attached hydrogens (tertiary/aromatic N) is 2. The Labute approximate surface area is 116 Å². The van der Waals surface area contributed by atoms with E-state index in [-0.39, 0.29) is 12.5 Å². The summed E-state index contributed by atoms with van der Waals surface area (Å²) in [4.78, 5) is 15.6. The topological polar surface area (TPSA) is 89.3 Å². The molecule has 7 heteroatoms. The summed E-state index contributed by atoms with van der Waals surface area (Å²) in [7, 11) is 1.58. The largest absolute Gasteiger partial charge is 0.497 e. The van der Waals surface area contributed by atoms with E-state index in [1.54, 1.807) is 19.2 Å². The molecule has 1 amide bonds. The first-order valence-electron chi connectivity index (χ1n) is 6.18. The van der Waals surface area contributed by atoms with Crippen molar-refractivity contribution in [1.29, 1.82) is 0 Å². The number of amides is 1. The average molecular weight is 276 g/mol. The molecule has 2 rings (SSSR count). The highest BCUT2D eigenvalue weighted by atomic mass is 16.5. The summed E-state index contributed by atoms with van der Waals surface area (Å²) in [6.45, 7) is 0.805. The summed E-state index contributed by atoms with van der Waals surface area (Å²) in [5.41, 5.74) is 0.702. The number of carbonyl (C=O) groups is 1. The third kappa shape index (κ3) is 4.36. The van der Waals surface area contributed by atoms with Crippen LogP contribution in [0.2, 0.25) is 0 Å². The van der Waals surface area contributed by atoms with Crippen molar-refractivity contribution in [2.75, 3.05) is 25.5 Å². The molecule has 0 aliphatic heterocycles. The fourth-order valence-corrected chi connectivity index (χ4v) is 1.61. The van der Waals surface area contributed by atoms with Gasteiger partial charge in [-0.05, 0) is 12.1 Å². The van der Waals surface area contributed by atoms with Crippen molar-refractivity contribution in [2.24, 2.45) is 0 Å². The second-order valence-corrected chi connectivity index (χ2v) is 4.04. The molecule has 0 saturated carbocycles. The summed E-state index contributed by atoms with van der Waals surface area (Å²) in [6.07, 6.45) is 1.94. The van der Waals surface area contributed by atoms with Crippen LogP contribution in [0.15, 0.2) is 35.1 Å². The fraction of sp³-hybridized carbons (Fsp3) is 0.308. The van der Waals surface area contributed by atoms with Gasteiger partial charge >= 0.3 is 0 Å². The van der Waals surface area contributed by atoms with E-state index < -0.39 is 0 Å². The number of hydrogen-bond donors (Lipinski definition) is 2. The Balaban J connectivity index is 1.69. The molecule has 7 nitrogen and oxygen atoms in total. The Morgan fingerprint density at radius 3 is 3.10 bits per heavy atom. The number of nitrogens with one attached hydrogen (secondary N) is 2. The summed E-state index contributed by atoms with van der Waals surface area (Å²) in [6, 6.07) is 7.20. The minimum absolute atomic E-state index is 0.121. The lowest BCUT2D eigenvalue weighted by Gasteiger charge is -2.07. The van der Waals surface area contributed by atoms with Gasteiger partial charge in [0, 0.05) is 24.7 Å². The predicted molar refractivity (Wildman–Crippen MR) is 72.5 cm³/mol. The first-order chi connectivity index (χ1) is 9.78. The SMILES string of the molecule is COc1cccc(NC(=O)CNCCc2ncno2)c1. The molecule has 2 aromatic rings. The maximum atomic E-state index is 11.7. The number of aromatic nitrogens is 2. The van der Waals surface area contributed by atoms with Crippen LogP contribution in [0.3, 0.4) is 0 Å². The number of ether oxygens (including phenoxy) is 1. The monoisotopic (exact) mass is 276 g/mol. The Morgan fingerprint density at radius 2 is 2.35 bits per heavy atom. The Kier molecular flexibility index (Phi) is 5.08. The quantitative estimate of drug-likeness (QED) is 0.729. The zero-order valence-electron chi connectivity index (χ0n) is 11.1. The molecule has 0 spiro atoms. The minimum atomic E-state index is -0.121. The maximum Gasteiger partial charge on any atom is 0.238 e. The zero-order chi connectivity index (χ0) is 14.2. The van der Waals surface area contributed by atoms with Crippen LogP contribution >= 0.6 is 0 Å². The normalized spacial score (nSPS) is 10.2. The van der Waals surface area contributed by atoms with E-state index in [2.05, 4.69) is 20.8 Å². The van der Waals surface area contributed by atoms with E-state index >= 15 is 0 Å². The second-order valence-electron chi connectivity index (χ2n) is 4.04. The standard InChI is InChI=1S/C13H16N4O3/c1-19-11-4-2-3-10(7-11)17-12(18)8-14-6-5-13-15-9-16-20-13/h2-4,7,9,14H,5-6,8H2,1H3,(H,17,18). The third-order valence-electron chi connectivity index (χ3n) is 2.56. The highest BCUT2D eigenvalue weighted by Crippen LogP contribution is 2.16. The van der Waals surface area contributed by atoms with E-state index in [0.29, 0.717) is 30.3 Å². The fourth-order valence-electron chi connectivity index (χ4n) is 1.61. The lowest BCUT2D eigenvalue weighted by Crippen LogP contribution is -2.29. The molecule has 1 aromatic heterocycles. The van der Waals surface area contributed by atoms with Crippen molar-refractivity contribution in [2.45, 2.75) is 6.42 Å². The van der Waals surface area contributed by atoms with E-state index in [4.69, 9.17) is 9.26 Å². The molecule has 20 heavy (non-hydrogen) atoms. The summed E-state index contributed by atoms with van der Waals surface area (Å²) < 4.78 is 9.93. The molecule has 1 heterocycles. The Morgan fingerprint density at radius 1 is 1.45 bits per heavy atom. The molecular weight excluding hydrogens is 260 g/mol. The van der Waals surface area contributed by atoms with Crippen LogP contribution in [0.25, 0.3) is 0 Å². The summed E-state index contributed by atoms with van der Waals surface area (Å²) in [5, 5.41) is 9.28. The van der Waals surface area contributed by atoms with Crippen molar-refractivity contribution in [1.82, 2.24) is 15.5 Å². The maximum absolute atomic E-state index is 11.7. The molecule has 0 aliphatic rings. The molecule has 0 fully saturated rings. The Hall–Kier alpha value is -2.41. The van der Waals surface area contributed by atoms with Crippen LogP contribution in [0.4, 0.5) is 5.69 Å². The number of hydrogen-bond acceptors (Lipinski definition) is 6. The van der Waals surface area contributed by atoms with E-state index in [1.165, 1.54) is 6.33 Å². The van der Waals surface area contributed by atoms with Gasteiger partial charge in [-0.25, -0.2) is 0 Å². The van der Waals surface area contributed by atoms with Gasteiger partial charge in [0.15, 0.2) is 6.33 Å². The molecule has 0 bridgehead atoms. The lowest BCUT2D eigenvalue weighted by molar-refractivity contribution is -0.115. The van der Waals surface area contributed by atoms with Gasteiger partial charge in [-0.2, -0.15) is 4.98 Å². The van der Waals surface area contributed by atoms with Crippen molar-refractivity contribution in [3.8, 4) is 5.75 Å². The van der Waals surface area contributed by atoms with Crippen molar-refractivity contribution < 1.29 is 14.1 Å². The van der Waals surface area contributed by atoms with Crippen LogP contribution in [-0.4, -0.2) is 36.2 Å². The third-order valence-corrected chi connectivity index (χ3v) is 2.56. The van der Waals surface area contributed by atoms with Gasteiger partial charge in [-0.3, -0.25) is 4.79 Å². The van der Waals surface area contributed by atoms with E-state index in [9.17, 15) is 4.79 Å². The predicted octanol–water partition coefficient (Wildman–Crippen LogP) is 0.849. The van der Waals surface area contributed by atoms with Gasteiger partial charge < -0.3 is 19.9 Å².